The normalized spacial score (nSPS) is 21.2. The van der Waals surface area contributed by atoms with Crippen LogP contribution in [0.3, 0.4) is 0 Å². The molecule has 146 valence electrons. The van der Waals surface area contributed by atoms with Gasteiger partial charge < -0.3 is 9.64 Å². The molecule has 0 amide bonds. The van der Waals surface area contributed by atoms with Gasteiger partial charge in [-0.3, -0.25) is 9.79 Å². The summed E-state index contributed by atoms with van der Waals surface area (Å²) in [7, 11) is 2.06. The van der Waals surface area contributed by atoms with Crippen LogP contribution in [-0.2, 0) is 5.41 Å². The van der Waals surface area contributed by atoms with Gasteiger partial charge >= 0.3 is 0 Å². The van der Waals surface area contributed by atoms with E-state index in [1.54, 1.807) is 0 Å². The number of para-hydroxylation sites is 1. The van der Waals surface area contributed by atoms with Crippen molar-refractivity contribution in [1.29, 1.82) is 0 Å². The number of benzene rings is 3. The molecule has 5 rings (SSSR count). The van der Waals surface area contributed by atoms with Crippen LogP contribution in [-0.4, -0.2) is 24.8 Å². The number of likely N-dealkylation sites (N-methyl/N-ethyl adjacent to an activating group) is 1. The number of Topliss-reactive ketones (excluding diaryl/α,β-unsaturated/α-hetero) is 1. The highest BCUT2D eigenvalue weighted by molar-refractivity contribution is 6.04. The maximum Gasteiger partial charge on any atom is 0.228 e. The molecule has 4 nitrogen and oxygen atoms in total. The Hall–Kier alpha value is -3.14. The van der Waals surface area contributed by atoms with Gasteiger partial charge in [-0.25, -0.2) is 0 Å². The Morgan fingerprint density at radius 1 is 1.10 bits per heavy atom. The molecular weight excluding hydrogens is 360 g/mol. The third kappa shape index (κ3) is 2.26. The number of carbonyl (C=O) groups is 1. The van der Waals surface area contributed by atoms with E-state index in [9.17, 15) is 4.79 Å². The maximum absolute atomic E-state index is 12.1. The molecule has 1 unspecified atom stereocenters. The van der Waals surface area contributed by atoms with E-state index in [2.05, 4.69) is 50.1 Å². The van der Waals surface area contributed by atoms with E-state index < -0.39 is 5.72 Å². The van der Waals surface area contributed by atoms with E-state index in [-0.39, 0.29) is 11.2 Å². The molecule has 4 heteroatoms. The summed E-state index contributed by atoms with van der Waals surface area (Å²) in [5, 5.41) is 2.00. The standard InChI is InChI=1S/C25H24N2O2/c1-5-21(28)17-10-12-18-16(14-17)11-13-22-23(18)26-15-25(29-22)24(2,3)19-8-6-7-9-20(19)27(25)4/h6-15H,5H2,1-4H3. The van der Waals surface area contributed by atoms with Crippen LogP contribution in [0.4, 0.5) is 11.4 Å². The molecule has 0 N–H and O–H groups in total. The summed E-state index contributed by atoms with van der Waals surface area (Å²) in [4.78, 5) is 19.2. The first kappa shape index (κ1) is 17.9. The van der Waals surface area contributed by atoms with Crippen molar-refractivity contribution >= 4 is 34.1 Å². The molecule has 0 bridgehead atoms. The number of fused-ring (bicyclic) bond motifs is 4. The van der Waals surface area contributed by atoms with Gasteiger partial charge in [0.1, 0.15) is 11.4 Å². The van der Waals surface area contributed by atoms with Gasteiger partial charge in [0.2, 0.25) is 5.72 Å². The Kier molecular flexibility index (Phi) is 3.66. The first-order chi connectivity index (χ1) is 13.9. The minimum Gasteiger partial charge on any atom is -0.459 e. The van der Waals surface area contributed by atoms with Crippen LogP contribution in [0.15, 0.2) is 59.6 Å². The predicted molar refractivity (Wildman–Crippen MR) is 118 cm³/mol. The highest BCUT2D eigenvalue weighted by atomic mass is 16.5. The van der Waals surface area contributed by atoms with Crippen molar-refractivity contribution < 1.29 is 9.53 Å². The van der Waals surface area contributed by atoms with E-state index >= 15 is 0 Å². The van der Waals surface area contributed by atoms with Gasteiger partial charge in [-0.15, -0.1) is 0 Å². The maximum atomic E-state index is 12.1. The number of ketones is 1. The van der Waals surface area contributed by atoms with Gasteiger partial charge in [-0.2, -0.15) is 0 Å². The monoisotopic (exact) mass is 384 g/mol. The van der Waals surface area contributed by atoms with Crippen LogP contribution in [0, 0.1) is 0 Å². The zero-order valence-corrected chi connectivity index (χ0v) is 17.2. The lowest BCUT2D eigenvalue weighted by Gasteiger charge is -2.45. The zero-order valence-electron chi connectivity index (χ0n) is 17.2. The summed E-state index contributed by atoms with van der Waals surface area (Å²) in [6.45, 7) is 6.29. The van der Waals surface area contributed by atoms with E-state index in [1.807, 2.05) is 43.5 Å². The number of nitrogens with zero attached hydrogens (tertiary/aromatic N) is 2. The second-order valence-corrected chi connectivity index (χ2v) is 8.38. The topological polar surface area (TPSA) is 41.9 Å². The third-order valence-corrected chi connectivity index (χ3v) is 6.56. The molecule has 1 atom stereocenters. The fourth-order valence-corrected chi connectivity index (χ4v) is 4.76. The smallest absolute Gasteiger partial charge is 0.228 e. The third-order valence-electron chi connectivity index (χ3n) is 6.56. The van der Waals surface area contributed by atoms with Crippen molar-refractivity contribution in [3.63, 3.8) is 0 Å². The SMILES string of the molecule is CCC(=O)c1ccc2c3c(ccc2c1)OC1(C=N3)N(C)c2ccccc2C1(C)C. The Balaban J connectivity index is 1.64. The summed E-state index contributed by atoms with van der Waals surface area (Å²) in [6, 6.07) is 18.2. The molecule has 0 saturated heterocycles. The van der Waals surface area contributed by atoms with Crippen LogP contribution < -0.4 is 9.64 Å². The van der Waals surface area contributed by atoms with Crippen molar-refractivity contribution in [3.8, 4) is 5.75 Å². The summed E-state index contributed by atoms with van der Waals surface area (Å²) in [6.07, 6.45) is 2.45. The highest BCUT2D eigenvalue weighted by Crippen LogP contribution is 2.54. The quantitative estimate of drug-likeness (QED) is 0.536. The van der Waals surface area contributed by atoms with Crippen LogP contribution in [0.1, 0.15) is 43.1 Å². The largest absolute Gasteiger partial charge is 0.459 e. The number of hydrogen-bond donors (Lipinski definition) is 0. The molecule has 3 aromatic carbocycles. The summed E-state index contributed by atoms with van der Waals surface area (Å²) < 4.78 is 6.71. The van der Waals surface area contributed by atoms with Crippen LogP contribution in [0.25, 0.3) is 10.8 Å². The van der Waals surface area contributed by atoms with E-state index in [0.29, 0.717) is 6.42 Å². The van der Waals surface area contributed by atoms with Gasteiger partial charge in [0.05, 0.1) is 11.6 Å². The average Bonchev–Trinajstić information content (AvgIpc) is 2.91. The number of rotatable bonds is 2. The molecule has 1 spiro atoms. The molecule has 0 fully saturated rings. The summed E-state index contributed by atoms with van der Waals surface area (Å²) in [5.74, 6) is 0.915. The Bertz CT molecular complexity index is 1190. The Morgan fingerprint density at radius 3 is 2.66 bits per heavy atom. The van der Waals surface area contributed by atoms with Gasteiger partial charge in [-0.1, -0.05) is 43.3 Å². The van der Waals surface area contributed by atoms with E-state index in [0.717, 1.165) is 33.5 Å². The Morgan fingerprint density at radius 2 is 1.90 bits per heavy atom. The number of aliphatic imine (C=N–C) groups is 1. The van der Waals surface area contributed by atoms with Gasteiger partial charge in [0.15, 0.2) is 5.78 Å². The molecule has 2 aliphatic rings. The zero-order chi connectivity index (χ0) is 20.4. The van der Waals surface area contributed by atoms with Crippen molar-refractivity contribution in [2.75, 3.05) is 11.9 Å². The first-order valence-electron chi connectivity index (χ1n) is 10.1. The molecule has 2 heterocycles. The number of hydrogen-bond acceptors (Lipinski definition) is 4. The van der Waals surface area contributed by atoms with E-state index in [1.165, 1.54) is 5.56 Å². The minimum atomic E-state index is -0.685. The fraction of sp³-hybridized carbons (Fsp3) is 0.280. The predicted octanol–water partition coefficient (Wildman–Crippen LogP) is 5.65. The molecule has 2 aliphatic heterocycles. The lowest BCUT2D eigenvalue weighted by atomic mass is 9.77. The lowest BCUT2D eigenvalue weighted by Crippen LogP contribution is -2.61. The molecule has 0 aliphatic carbocycles. The second kappa shape index (κ2) is 5.93. The molecular formula is C25H24N2O2. The highest BCUT2D eigenvalue weighted by Gasteiger charge is 2.58. The van der Waals surface area contributed by atoms with Gasteiger partial charge in [0.25, 0.3) is 0 Å². The van der Waals surface area contributed by atoms with Crippen molar-refractivity contribution in [1.82, 2.24) is 0 Å². The first-order valence-corrected chi connectivity index (χ1v) is 10.1. The van der Waals surface area contributed by atoms with Crippen LogP contribution >= 0.6 is 0 Å². The molecule has 0 aromatic heterocycles. The molecule has 0 saturated carbocycles. The van der Waals surface area contributed by atoms with E-state index in [4.69, 9.17) is 9.73 Å². The second-order valence-electron chi connectivity index (χ2n) is 8.38. The Labute approximate surface area is 170 Å². The van der Waals surface area contributed by atoms with Crippen molar-refractivity contribution in [3.05, 3.63) is 65.7 Å². The minimum absolute atomic E-state index is 0.149. The van der Waals surface area contributed by atoms with Crippen molar-refractivity contribution in [2.24, 2.45) is 4.99 Å². The number of ether oxygens (including phenoxy) is 1. The van der Waals surface area contributed by atoms with Gasteiger partial charge in [0, 0.05) is 30.1 Å². The summed E-state index contributed by atoms with van der Waals surface area (Å²) >= 11 is 0. The summed E-state index contributed by atoms with van der Waals surface area (Å²) in [5.41, 5.74) is 3.02. The van der Waals surface area contributed by atoms with Crippen LogP contribution in [0.2, 0.25) is 0 Å². The molecule has 29 heavy (non-hydrogen) atoms. The molecule has 3 aromatic rings. The fourth-order valence-electron chi connectivity index (χ4n) is 4.76. The van der Waals surface area contributed by atoms with Crippen molar-refractivity contribution in [2.45, 2.75) is 38.3 Å². The average molecular weight is 384 g/mol. The number of carbonyl (C=O) groups excluding carboxylic acids is 1. The lowest BCUT2D eigenvalue weighted by molar-refractivity contribution is 0.0826. The molecule has 0 radical (unpaired) electrons. The van der Waals surface area contributed by atoms with Crippen LogP contribution in [0.5, 0.6) is 5.75 Å². The van der Waals surface area contributed by atoms with Gasteiger partial charge in [-0.05, 0) is 43.0 Å². The number of anilines is 1.